The minimum atomic E-state index is -4.91. The number of alkyl halides is 9. The number of benzene rings is 3. The van der Waals surface area contributed by atoms with Crippen LogP contribution in [0.2, 0.25) is 0 Å². The maximum atomic E-state index is 13.2. The molecule has 0 saturated carbocycles. The van der Waals surface area contributed by atoms with Gasteiger partial charge in [0.15, 0.2) is 18.1 Å². The van der Waals surface area contributed by atoms with Crippen LogP contribution in [-0.2, 0) is 12.4 Å². The van der Waals surface area contributed by atoms with Crippen LogP contribution >= 0.6 is 0 Å². The summed E-state index contributed by atoms with van der Waals surface area (Å²) in [5, 5.41) is 13.3. The number of nitro groups is 1. The van der Waals surface area contributed by atoms with Gasteiger partial charge in [-0.2, -0.15) is 39.5 Å². The first-order valence-electron chi connectivity index (χ1n) is 10.8. The minimum absolute atomic E-state index is 0.247. The van der Waals surface area contributed by atoms with Crippen LogP contribution in [0.1, 0.15) is 21.5 Å². The van der Waals surface area contributed by atoms with Gasteiger partial charge in [-0.25, -0.2) is 0 Å². The highest BCUT2D eigenvalue weighted by molar-refractivity contribution is 6.05. The molecule has 1 N–H and O–H groups in total. The molecular formula is C24H15F9N2O6. The van der Waals surface area contributed by atoms with E-state index in [0.717, 1.165) is 25.3 Å². The SMILES string of the molecule is COc1cc(C(=O)Nc2cc(C(F)(F)F)ccc2OCC(F)(F)F)ccc1Oc1ccc(C(F)(F)F)cc1[N+](=O)[O-]. The zero-order valence-electron chi connectivity index (χ0n) is 20.2. The highest BCUT2D eigenvalue weighted by Gasteiger charge is 2.34. The van der Waals surface area contributed by atoms with Crippen LogP contribution in [0.5, 0.6) is 23.0 Å². The van der Waals surface area contributed by atoms with Crippen molar-refractivity contribution in [2.45, 2.75) is 18.5 Å². The van der Waals surface area contributed by atoms with Crippen LogP contribution in [0.15, 0.2) is 54.6 Å². The fourth-order valence-electron chi connectivity index (χ4n) is 3.22. The monoisotopic (exact) mass is 598 g/mol. The van der Waals surface area contributed by atoms with E-state index in [4.69, 9.17) is 9.47 Å². The summed E-state index contributed by atoms with van der Waals surface area (Å²) in [5.41, 5.74) is -4.72. The summed E-state index contributed by atoms with van der Waals surface area (Å²) in [4.78, 5) is 23.0. The minimum Gasteiger partial charge on any atom is -0.493 e. The smallest absolute Gasteiger partial charge is 0.422 e. The van der Waals surface area contributed by atoms with Crippen molar-refractivity contribution in [1.29, 1.82) is 0 Å². The van der Waals surface area contributed by atoms with Crippen LogP contribution in [-0.4, -0.2) is 30.7 Å². The molecule has 3 aromatic rings. The number of carbonyl (C=O) groups is 1. The predicted molar refractivity (Wildman–Crippen MR) is 122 cm³/mol. The van der Waals surface area contributed by atoms with Crippen molar-refractivity contribution in [2.75, 3.05) is 19.0 Å². The topological polar surface area (TPSA) is 99.9 Å². The lowest BCUT2D eigenvalue weighted by Crippen LogP contribution is -2.21. The molecule has 0 saturated heterocycles. The normalized spacial score (nSPS) is 12.0. The van der Waals surface area contributed by atoms with Gasteiger partial charge < -0.3 is 19.5 Å². The Bertz CT molecular complexity index is 1450. The van der Waals surface area contributed by atoms with Gasteiger partial charge in [0.1, 0.15) is 5.75 Å². The van der Waals surface area contributed by atoms with Crippen molar-refractivity contribution in [3.63, 3.8) is 0 Å². The van der Waals surface area contributed by atoms with Gasteiger partial charge in [0.25, 0.3) is 5.91 Å². The Labute approximate surface area is 223 Å². The van der Waals surface area contributed by atoms with E-state index in [1.165, 1.54) is 0 Å². The molecule has 220 valence electrons. The molecule has 0 spiro atoms. The van der Waals surface area contributed by atoms with E-state index in [9.17, 15) is 54.4 Å². The Kier molecular flexibility index (Phi) is 8.59. The van der Waals surface area contributed by atoms with Crippen molar-refractivity contribution in [1.82, 2.24) is 0 Å². The number of rotatable bonds is 8. The van der Waals surface area contributed by atoms with Gasteiger partial charge in [0.05, 0.1) is 28.8 Å². The highest BCUT2D eigenvalue weighted by atomic mass is 19.4. The molecule has 0 bridgehead atoms. The largest absolute Gasteiger partial charge is 0.493 e. The summed E-state index contributed by atoms with van der Waals surface area (Å²) >= 11 is 0. The van der Waals surface area contributed by atoms with Crippen molar-refractivity contribution < 1.29 is 63.4 Å². The zero-order valence-corrected chi connectivity index (χ0v) is 20.2. The van der Waals surface area contributed by atoms with Crippen LogP contribution < -0.4 is 19.5 Å². The van der Waals surface area contributed by atoms with E-state index in [1.807, 2.05) is 5.32 Å². The molecule has 0 aliphatic heterocycles. The van der Waals surface area contributed by atoms with Gasteiger partial charge in [0.2, 0.25) is 5.75 Å². The third-order valence-electron chi connectivity index (χ3n) is 5.08. The number of methoxy groups -OCH3 is 1. The quantitative estimate of drug-likeness (QED) is 0.163. The maximum absolute atomic E-state index is 13.2. The molecule has 8 nitrogen and oxygen atoms in total. The first-order valence-corrected chi connectivity index (χ1v) is 10.8. The van der Waals surface area contributed by atoms with E-state index >= 15 is 0 Å². The van der Waals surface area contributed by atoms with Gasteiger partial charge in [0, 0.05) is 11.6 Å². The second kappa shape index (κ2) is 11.4. The molecule has 0 aliphatic carbocycles. The zero-order chi connectivity index (χ0) is 30.8. The summed E-state index contributed by atoms with van der Waals surface area (Å²) < 4.78 is 131. The maximum Gasteiger partial charge on any atom is 0.422 e. The predicted octanol–water partition coefficient (Wildman–Crippen LogP) is 7.63. The Balaban J connectivity index is 1.92. The number of nitrogens with one attached hydrogen (secondary N) is 1. The lowest BCUT2D eigenvalue weighted by Gasteiger charge is -2.17. The van der Waals surface area contributed by atoms with Crippen LogP contribution in [0.3, 0.4) is 0 Å². The number of amides is 1. The van der Waals surface area contributed by atoms with Crippen LogP contribution in [0, 0.1) is 10.1 Å². The average Bonchev–Trinajstić information content (AvgIpc) is 2.86. The Morgan fingerprint density at radius 2 is 1.37 bits per heavy atom. The molecule has 0 radical (unpaired) electrons. The molecule has 3 aromatic carbocycles. The molecule has 0 aliphatic rings. The number of nitro benzene ring substituents is 1. The molecule has 0 atom stereocenters. The van der Waals surface area contributed by atoms with E-state index in [0.29, 0.717) is 30.3 Å². The fourth-order valence-corrected chi connectivity index (χ4v) is 3.22. The van der Waals surface area contributed by atoms with Crippen molar-refractivity contribution >= 4 is 17.3 Å². The standard InChI is InChI=1S/C24H15F9N2O6/c1-39-20-8-12(2-5-19(20)41-18-7-4-14(24(31,32)33)10-16(18)35(37)38)21(36)34-15-9-13(23(28,29)30)3-6-17(15)40-11-22(25,26)27/h2-10H,11H2,1H3,(H,34,36). The van der Waals surface area contributed by atoms with Crippen LogP contribution in [0.4, 0.5) is 50.9 Å². The lowest BCUT2D eigenvalue weighted by molar-refractivity contribution is -0.385. The summed E-state index contributed by atoms with van der Waals surface area (Å²) in [5.74, 6) is -3.06. The van der Waals surface area contributed by atoms with Crippen molar-refractivity contribution in [3.05, 3.63) is 81.4 Å². The third-order valence-corrected chi connectivity index (χ3v) is 5.08. The van der Waals surface area contributed by atoms with Crippen molar-refractivity contribution in [2.24, 2.45) is 0 Å². The van der Waals surface area contributed by atoms with Crippen molar-refractivity contribution in [3.8, 4) is 23.0 Å². The second-order valence-corrected chi connectivity index (χ2v) is 7.97. The number of hydrogen-bond acceptors (Lipinski definition) is 6. The first-order chi connectivity index (χ1) is 18.9. The molecule has 0 fully saturated rings. The number of nitrogens with zero attached hydrogens (tertiary/aromatic N) is 1. The van der Waals surface area contributed by atoms with E-state index in [1.54, 1.807) is 0 Å². The van der Waals surface area contributed by atoms with E-state index in [-0.39, 0.29) is 23.1 Å². The Morgan fingerprint density at radius 1 is 0.805 bits per heavy atom. The summed E-state index contributed by atoms with van der Waals surface area (Å²) in [6, 6.07) is 5.87. The summed E-state index contributed by atoms with van der Waals surface area (Å²) in [6.07, 6.45) is -14.6. The summed E-state index contributed by atoms with van der Waals surface area (Å²) in [6.45, 7) is -1.86. The Hall–Kier alpha value is -4.70. The molecule has 3 rings (SSSR count). The third kappa shape index (κ3) is 7.92. The number of halogens is 9. The summed E-state index contributed by atoms with van der Waals surface area (Å²) in [7, 11) is 1.07. The molecule has 0 unspecified atom stereocenters. The average molecular weight is 598 g/mol. The van der Waals surface area contributed by atoms with Gasteiger partial charge in [-0.15, -0.1) is 0 Å². The van der Waals surface area contributed by atoms with E-state index < -0.39 is 70.0 Å². The molecule has 41 heavy (non-hydrogen) atoms. The van der Waals surface area contributed by atoms with Gasteiger partial charge in [-0.1, -0.05) is 0 Å². The van der Waals surface area contributed by atoms with Gasteiger partial charge in [-0.05, 0) is 48.5 Å². The van der Waals surface area contributed by atoms with E-state index in [2.05, 4.69) is 4.74 Å². The molecule has 1 amide bonds. The lowest BCUT2D eigenvalue weighted by atomic mass is 10.1. The Morgan fingerprint density at radius 3 is 1.90 bits per heavy atom. The molecule has 17 heteroatoms. The number of hydrogen-bond donors (Lipinski definition) is 1. The number of ether oxygens (including phenoxy) is 3. The molecule has 0 heterocycles. The number of carbonyl (C=O) groups excluding carboxylic acids is 1. The molecular weight excluding hydrogens is 583 g/mol. The fraction of sp³-hybridized carbons (Fsp3) is 0.208. The first kappa shape index (κ1) is 30.8. The molecule has 0 aromatic heterocycles. The van der Waals surface area contributed by atoms with Gasteiger partial charge >= 0.3 is 24.2 Å². The second-order valence-electron chi connectivity index (χ2n) is 7.97. The van der Waals surface area contributed by atoms with Gasteiger partial charge in [-0.3, -0.25) is 14.9 Å². The number of anilines is 1. The highest BCUT2D eigenvalue weighted by Crippen LogP contribution is 2.41. The van der Waals surface area contributed by atoms with Crippen LogP contribution in [0.25, 0.3) is 0 Å².